The number of hydrogen-bond donors (Lipinski definition) is 1. The van der Waals surface area contributed by atoms with E-state index in [2.05, 4.69) is 20.5 Å². The summed E-state index contributed by atoms with van der Waals surface area (Å²) in [5, 5.41) is 11.5. The van der Waals surface area contributed by atoms with Crippen molar-refractivity contribution in [3.05, 3.63) is 53.1 Å². The summed E-state index contributed by atoms with van der Waals surface area (Å²) in [7, 11) is 0. The number of hydrogen-bond acceptors (Lipinski definition) is 5. The highest BCUT2D eigenvalue weighted by molar-refractivity contribution is 5.92. The Hall–Kier alpha value is -3.04. The van der Waals surface area contributed by atoms with Crippen LogP contribution in [0.4, 0.5) is 33.5 Å². The van der Waals surface area contributed by atoms with E-state index in [0.717, 1.165) is 6.07 Å². The van der Waals surface area contributed by atoms with E-state index in [1.807, 2.05) is 0 Å². The molecule has 1 aliphatic rings. The van der Waals surface area contributed by atoms with E-state index in [4.69, 9.17) is 0 Å². The van der Waals surface area contributed by atoms with Gasteiger partial charge in [-0.05, 0) is 13.0 Å². The van der Waals surface area contributed by atoms with E-state index in [1.165, 1.54) is 23.2 Å². The lowest BCUT2D eigenvalue weighted by Crippen LogP contribution is -2.24. The minimum atomic E-state index is -2.92. The molecule has 3 heterocycles. The quantitative estimate of drug-likeness (QED) is 0.594. The van der Waals surface area contributed by atoms with Crippen LogP contribution in [0.25, 0.3) is 10.9 Å². The van der Waals surface area contributed by atoms with Gasteiger partial charge >= 0.3 is 0 Å². The lowest BCUT2D eigenvalue weighted by molar-refractivity contribution is 0.0257. The van der Waals surface area contributed by atoms with Gasteiger partial charge in [-0.1, -0.05) is 18.2 Å². The number of alkyl halides is 4. The molecular formula is C20H18F5N5. The van der Waals surface area contributed by atoms with Gasteiger partial charge in [0, 0.05) is 30.5 Å². The van der Waals surface area contributed by atoms with Crippen LogP contribution in [0.1, 0.15) is 29.7 Å². The summed E-state index contributed by atoms with van der Waals surface area (Å²) in [5.41, 5.74) is 0.949. The Morgan fingerprint density at radius 1 is 1.23 bits per heavy atom. The topological polar surface area (TPSA) is 53.9 Å². The molecule has 0 bridgehead atoms. The van der Waals surface area contributed by atoms with Crippen LogP contribution in [-0.4, -0.2) is 34.2 Å². The van der Waals surface area contributed by atoms with Crippen molar-refractivity contribution in [2.75, 3.05) is 23.3 Å². The molecule has 0 saturated carbocycles. The van der Waals surface area contributed by atoms with Gasteiger partial charge in [0.05, 0.1) is 35.2 Å². The number of benzene rings is 1. The van der Waals surface area contributed by atoms with Crippen LogP contribution in [0.15, 0.2) is 30.5 Å². The first-order valence-corrected chi connectivity index (χ1v) is 9.30. The van der Waals surface area contributed by atoms with Crippen molar-refractivity contribution in [3.8, 4) is 0 Å². The first-order valence-electron chi connectivity index (χ1n) is 9.30. The highest BCUT2D eigenvalue weighted by Gasteiger charge is 2.38. The summed E-state index contributed by atoms with van der Waals surface area (Å²) >= 11 is 0. The van der Waals surface area contributed by atoms with Crippen molar-refractivity contribution in [2.45, 2.75) is 32.2 Å². The van der Waals surface area contributed by atoms with Crippen molar-refractivity contribution in [1.29, 1.82) is 0 Å². The molecule has 1 saturated heterocycles. The highest BCUT2D eigenvalue weighted by Crippen LogP contribution is 2.33. The molecule has 1 fully saturated rings. The number of aromatic nitrogens is 3. The molecule has 4 rings (SSSR count). The fraction of sp³-hybridized carbons (Fsp3) is 0.350. The van der Waals surface area contributed by atoms with Crippen LogP contribution >= 0.6 is 0 Å². The average Bonchev–Trinajstić information content (AvgIpc) is 3.08. The van der Waals surface area contributed by atoms with Crippen molar-refractivity contribution >= 4 is 22.4 Å². The Labute approximate surface area is 168 Å². The lowest BCUT2D eigenvalue weighted by Gasteiger charge is -2.19. The minimum Gasteiger partial charge on any atom is -0.364 e. The zero-order chi connectivity index (χ0) is 21.5. The molecule has 1 N–H and O–H groups in total. The number of aryl methyl sites for hydroxylation is 1. The van der Waals surface area contributed by atoms with Gasteiger partial charge in [-0.2, -0.15) is 5.10 Å². The van der Waals surface area contributed by atoms with Crippen LogP contribution in [0.3, 0.4) is 0 Å². The van der Waals surface area contributed by atoms with E-state index in [0.29, 0.717) is 22.3 Å². The van der Waals surface area contributed by atoms with Gasteiger partial charge in [-0.15, -0.1) is 5.10 Å². The van der Waals surface area contributed by atoms with Gasteiger partial charge < -0.3 is 10.2 Å². The third-order valence-corrected chi connectivity index (χ3v) is 5.10. The standard InChI is InChI=1S/C20H18F5N5/c1-11-17-15(7-13(9-26-17)30-6-5-20(24,25)10-30)19(29-28-11)27-8-12-3-2-4-14(16(12)21)18(22)23/h2-4,7,9,18H,5-6,8,10H2,1H3,(H,27,29). The molecule has 0 amide bonds. The van der Waals surface area contributed by atoms with Gasteiger partial charge in [-0.25, -0.2) is 22.0 Å². The third-order valence-electron chi connectivity index (χ3n) is 5.10. The summed E-state index contributed by atoms with van der Waals surface area (Å²) in [6, 6.07) is 5.47. The summed E-state index contributed by atoms with van der Waals surface area (Å²) in [6.45, 7) is 1.41. The van der Waals surface area contributed by atoms with E-state index < -0.39 is 30.3 Å². The molecule has 1 aromatic carbocycles. The van der Waals surface area contributed by atoms with Crippen LogP contribution < -0.4 is 10.2 Å². The molecule has 1 aliphatic heterocycles. The SMILES string of the molecule is Cc1nnc(NCc2cccc(C(F)F)c2F)c2cc(N3CCC(F)(F)C3)cnc12. The van der Waals surface area contributed by atoms with Crippen molar-refractivity contribution in [1.82, 2.24) is 15.2 Å². The monoisotopic (exact) mass is 423 g/mol. The molecule has 2 aromatic heterocycles. The molecular weight excluding hydrogens is 405 g/mol. The van der Waals surface area contributed by atoms with E-state index >= 15 is 0 Å². The lowest BCUT2D eigenvalue weighted by atomic mass is 10.1. The normalized spacial score (nSPS) is 15.9. The predicted octanol–water partition coefficient (Wildman–Crippen LogP) is 4.87. The van der Waals surface area contributed by atoms with Gasteiger partial charge in [0.2, 0.25) is 0 Å². The third kappa shape index (κ3) is 3.86. The molecule has 0 aliphatic carbocycles. The first kappa shape index (κ1) is 20.2. The molecule has 5 nitrogen and oxygen atoms in total. The number of halogens is 5. The number of fused-ring (bicyclic) bond motifs is 1. The van der Waals surface area contributed by atoms with Crippen LogP contribution in [0, 0.1) is 12.7 Å². The minimum absolute atomic E-state index is 0.0478. The molecule has 30 heavy (non-hydrogen) atoms. The van der Waals surface area contributed by atoms with E-state index in [1.54, 1.807) is 13.0 Å². The second kappa shape index (κ2) is 7.66. The second-order valence-electron chi connectivity index (χ2n) is 7.23. The fourth-order valence-corrected chi connectivity index (χ4v) is 3.49. The summed E-state index contributed by atoms with van der Waals surface area (Å²) < 4.78 is 67.3. The Kier molecular flexibility index (Phi) is 5.17. The smallest absolute Gasteiger partial charge is 0.266 e. The molecule has 3 aromatic rings. The van der Waals surface area contributed by atoms with Gasteiger partial charge in [0.15, 0.2) is 5.82 Å². The molecule has 0 spiro atoms. The fourth-order valence-electron chi connectivity index (χ4n) is 3.49. The van der Waals surface area contributed by atoms with Gasteiger partial charge in [0.1, 0.15) is 5.82 Å². The average molecular weight is 423 g/mol. The van der Waals surface area contributed by atoms with Crippen LogP contribution in [0.2, 0.25) is 0 Å². The number of rotatable bonds is 5. The zero-order valence-corrected chi connectivity index (χ0v) is 16.0. The van der Waals surface area contributed by atoms with E-state index in [9.17, 15) is 22.0 Å². The molecule has 158 valence electrons. The predicted molar refractivity (Wildman–Crippen MR) is 103 cm³/mol. The van der Waals surface area contributed by atoms with Gasteiger partial charge in [0.25, 0.3) is 12.3 Å². The maximum Gasteiger partial charge on any atom is 0.266 e. The summed E-state index contributed by atoms with van der Waals surface area (Å²) in [5.74, 6) is -3.48. The zero-order valence-electron chi connectivity index (χ0n) is 16.0. The molecule has 0 atom stereocenters. The number of nitrogens with zero attached hydrogens (tertiary/aromatic N) is 4. The summed E-state index contributed by atoms with van der Waals surface area (Å²) in [4.78, 5) is 5.88. The second-order valence-corrected chi connectivity index (χ2v) is 7.23. The van der Waals surface area contributed by atoms with E-state index in [-0.39, 0.29) is 30.9 Å². The number of anilines is 2. The van der Waals surface area contributed by atoms with Crippen molar-refractivity contribution in [3.63, 3.8) is 0 Å². The van der Waals surface area contributed by atoms with Gasteiger partial charge in [-0.3, -0.25) is 4.98 Å². The molecule has 0 unspecified atom stereocenters. The maximum absolute atomic E-state index is 14.3. The van der Waals surface area contributed by atoms with Crippen molar-refractivity contribution < 1.29 is 22.0 Å². The molecule has 10 heteroatoms. The Bertz CT molecular complexity index is 1090. The summed E-state index contributed by atoms with van der Waals surface area (Å²) in [6.07, 6.45) is -1.65. The Balaban J connectivity index is 1.65. The first-order chi connectivity index (χ1) is 14.2. The Morgan fingerprint density at radius 2 is 2.03 bits per heavy atom. The maximum atomic E-state index is 14.3. The Morgan fingerprint density at radius 3 is 2.73 bits per heavy atom. The molecule has 0 radical (unpaired) electrons. The largest absolute Gasteiger partial charge is 0.364 e. The highest BCUT2D eigenvalue weighted by atomic mass is 19.3. The van der Waals surface area contributed by atoms with Crippen LogP contribution in [0.5, 0.6) is 0 Å². The van der Waals surface area contributed by atoms with Crippen LogP contribution in [-0.2, 0) is 6.54 Å². The number of nitrogens with one attached hydrogen (secondary N) is 1. The van der Waals surface area contributed by atoms with Crippen molar-refractivity contribution in [2.24, 2.45) is 0 Å². The number of pyridine rings is 1.